The molecule has 0 fully saturated rings. The Morgan fingerprint density at radius 1 is 1.33 bits per heavy atom. The smallest absolute Gasteiger partial charge is 0.322 e. The number of hydrogen-bond donors (Lipinski definition) is 3. The van der Waals surface area contributed by atoms with Gasteiger partial charge in [0, 0.05) is 13.6 Å². The fourth-order valence-corrected chi connectivity index (χ4v) is 1.54. The van der Waals surface area contributed by atoms with Crippen LogP contribution in [-0.4, -0.2) is 53.0 Å². The van der Waals surface area contributed by atoms with Crippen LogP contribution < -0.4 is 10.6 Å². The maximum absolute atomic E-state index is 12.0. The molecule has 3 N–H and O–H groups in total. The Morgan fingerprint density at radius 2 is 2.05 bits per heavy atom. The van der Waals surface area contributed by atoms with Crippen molar-refractivity contribution in [2.75, 3.05) is 25.5 Å². The SMILES string of the molecule is CCN(CC(=O)NC)C(=O)Nc1ccc(CC(=O)O)nc1. The van der Waals surface area contributed by atoms with E-state index in [2.05, 4.69) is 15.6 Å². The highest BCUT2D eigenvalue weighted by atomic mass is 16.4. The van der Waals surface area contributed by atoms with E-state index >= 15 is 0 Å². The minimum atomic E-state index is -0.970. The van der Waals surface area contributed by atoms with Gasteiger partial charge in [-0.15, -0.1) is 0 Å². The van der Waals surface area contributed by atoms with Gasteiger partial charge in [0.1, 0.15) is 6.54 Å². The molecule has 0 atom stereocenters. The third kappa shape index (κ3) is 5.47. The van der Waals surface area contributed by atoms with Gasteiger partial charge < -0.3 is 20.6 Å². The number of nitrogens with zero attached hydrogens (tertiary/aromatic N) is 2. The number of aliphatic carboxylic acids is 1. The van der Waals surface area contributed by atoms with Gasteiger partial charge in [-0.05, 0) is 19.1 Å². The molecule has 0 aromatic carbocycles. The first kappa shape index (κ1) is 16.4. The van der Waals surface area contributed by atoms with Crippen molar-refractivity contribution in [2.45, 2.75) is 13.3 Å². The minimum absolute atomic E-state index is 0.0383. The molecule has 0 radical (unpaired) electrons. The van der Waals surface area contributed by atoms with Gasteiger partial charge in [0.25, 0.3) is 0 Å². The first-order chi connectivity index (χ1) is 9.96. The Balaban J connectivity index is 2.64. The first-order valence-corrected chi connectivity index (χ1v) is 6.39. The Labute approximate surface area is 122 Å². The van der Waals surface area contributed by atoms with Crippen LogP contribution >= 0.6 is 0 Å². The second-order valence-electron chi connectivity index (χ2n) is 4.23. The van der Waals surface area contributed by atoms with Gasteiger partial charge in [0.15, 0.2) is 0 Å². The van der Waals surface area contributed by atoms with Crippen LogP contribution in [0.15, 0.2) is 18.3 Å². The van der Waals surface area contributed by atoms with Crippen molar-refractivity contribution in [3.8, 4) is 0 Å². The third-order valence-electron chi connectivity index (χ3n) is 2.69. The molecule has 1 heterocycles. The summed E-state index contributed by atoms with van der Waals surface area (Å²) in [6, 6.07) is 2.67. The Morgan fingerprint density at radius 3 is 2.52 bits per heavy atom. The molecule has 21 heavy (non-hydrogen) atoms. The molecule has 1 aromatic heterocycles. The Kier molecular flexibility index (Phi) is 6.12. The van der Waals surface area contributed by atoms with Crippen molar-refractivity contribution in [3.05, 3.63) is 24.0 Å². The van der Waals surface area contributed by atoms with Crippen LogP contribution in [0.5, 0.6) is 0 Å². The Hall–Kier alpha value is -2.64. The van der Waals surface area contributed by atoms with Crippen molar-refractivity contribution >= 4 is 23.6 Å². The molecule has 1 aromatic rings. The third-order valence-corrected chi connectivity index (χ3v) is 2.69. The molecule has 0 aliphatic heterocycles. The Bertz CT molecular complexity index is 515. The van der Waals surface area contributed by atoms with Crippen LogP contribution in [0.1, 0.15) is 12.6 Å². The number of carbonyl (C=O) groups excluding carboxylic acids is 2. The first-order valence-electron chi connectivity index (χ1n) is 6.39. The van der Waals surface area contributed by atoms with Crippen LogP contribution in [0.4, 0.5) is 10.5 Å². The number of anilines is 1. The summed E-state index contributed by atoms with van der Waals surface area (Å²) >= 11 is 0. The van der Waals surface area contributed by atoms with Gasteiger partial charge in [-0.2, -0.15) is 0 Å². The summed E-state index contributed by atoms with van der Waals surface area (Å²) in [7, 11) is 1.50. The number of carboxylic acids is 1. The molecule has 1 rings (SSSR count). The van der Waals surface area contributed by atoms with Gasteiger partial charge >= 0.3 is 12.0 Å². The van der Waals surface area contributed by atoms with E-state index in [4.69, 9.17) is 5.11 Å². The maximum Gasteiger partial charge on any atom is 0.322 e. The number of pyridine rings is 1. The molecule has 0 unspecified atom stereocenters. The lowest BCUT2D eigenvalue weighted by Crippen LogP contribution is -2.41. The quantitative estimate of drug-likeness (QED) is 0.699. The number of hydrogen-bond acceptors (Lipinski definition) is 4. The fourth-order valence-electron chi connectivity index (χ4n) is 1.54. The number of amides is 3. The number of likely N-dealkylation sites (N-methyl/N-ethyl adjacent to an activating group) is 2. The second kappa shape index (κ2) is 7.83. The van der Waals surface area contributed by atoms with Crippen molar-refractivity contribution in [2.24, 2.45) is 0 Å². The fraction of sp³-hybridized carbons (Fsp3) is 0.385. The lowest BCUT2D eigenvalue weighted by atomic mass is 10.2. The summed E-state index contributed by atoms with van der Waals surface area (Å²) in [5.41, 5.74) is 0.836. The van der Waals surface area contributed by atoms with E-state index in [9.17, 15) is 14.4 Å². The molecule has 3 amide bonds. The van der Waals surface area contributed by atoms with E-state index in [1.54, 1.807) is 13.0 Å². The van der Waals surface area contributed by atoms with E-state index in [0.29, 0.717) is 17.9 Å². The normalized spacial score (nSPS) is 9.81. The average molecular weight is 294 g/mol. The lowest BCUT2D eigenvalue weighted by Gasteiger charge is -2.20. The molecular formula is C13H18N4O4. The average Bonchev–Trinajstić information content (AvgIpc) is 2.45. The largest absolute Gasteiger partial charge is 0.481 e. The molecular weight excluding hydrogens is 276 g/mol. The zero-order valence-corrected chi connectivity index (χ0v) is 11.9. The summed E-state index contributed by atoms with van der Waals surface area (Å²) in [4.78, 5) is 39.1. The zero-order chi connectivity index (χ0) is 15.8. The summed E-state index contributed by atoms with van der Waals surface area (Å²) in [5, 5.41) is 13.7. The maximum atomic E-state index is 12.0. The van der Waals surface area contributed by atoms with E-state index in [-0.39, 0.29) is 18.9 Å². The lowest BCUT2D eigenvalue weighted by molar-refractivity contribution is -0.136. The minimum Gasteiger partial charge on any atom is -0.481 e. The monoisotopic (exact) mass is 294 g/mol. The highest BCUT2D eigenvalue weighted by Crippen LogP contribution is 2.08. The predicted octanol–water partition coefficient (Wildman–Crippen LogP) is 0.309. The highest BCUT2D eigenvalue weighted by Gasteiger charge is 2.15. The van der Waals surface area contributed by atoms with Gasteiger partial charge in [-0.3, -0.25) is 14.6 Å². The second-order valence-corrected chi connectivity index (χ2v) is 4.23. The summed E-state index contributed by atoms with van der Waals surface area (Å²) < 4.78 is 0. The van der Waals surface area contributed by atoms with Gasteiger partial charge in [-0.1, -0.05) is 0 Å². The van der Waals surface area contributed by atoms with Crippen molar-refractivity contribution in [1.29, 1.82) is 0 Å². The van der Waals surface area contributed by atoms with E-state index < -0.39 is 12.0 Å². The number of rotatable bonds is 6. The number of nitrogens with one attached hydrogen (secondary N) is 2. The van der Waals surface area contributed by atoms with E-state index in [1.807, 2.05) is 0 Å². The van der Waals surface area contributed by atoms with Gasteiger partial charge in [-0.25, -0.2) is 4.79 Å². The van der Waals surface area contributed by atoms with Crippen molar-refractivity contribution in [3.63, 3.8) is 0 Å². The number of aromatic nitrogens is 1. The van der Waals surface area contributed by atoms with Crippen LogP contribution in [0, 0.1) is 0 Å². The highest BCUT2D eigenvalue weighted by molar-refractivity contribution is 5.92. The molecule has 0 spiro atoms. The van der Waals surface area contributed by atoms with E-state index in [0.717, 1.165) is 0 Å². The molecule has 0 bridgehead atoms. The molecule has 0 saturated heterocycles. The topological polar surface area (TPSA) is 112 Å². The molecule has 8 heteroatoms. The van der Waals surface area contributed by atoms with Gasteiger partial charge in [0.2, 0.25) is 5.91 Å². The van der Waals surface area contributed by atoms with Crippen LogP contribution in [0.2, 0.25) is 0 Å². The molecule has 114 valence electrons. The molecule has 0 aliphatic rings. The summed E-state index contributed by atoms with van der Waals surface area (Å²) in [6.45, 7) is 2.10. The standard InChI is InChI=1S/C13H18N4O4/c1-3-17(8-11(18)14-2)13(21)16-10-5-4-9(15-7-10)6-12(19)20/h4-5,7H,3,6,8H2,1-2H3,(H,14,18)(H,16,21)(H,19,20). The number of carbonyl (C=O) groups is 3. The summed E-state index contributed by atoms with van der Waals surface area (Å²) in [6.07, 6.45) is 1.20. The molecule has 8 nitrogen and oxygen atoms in total. The van der Waals surface area contributed by atoms with Crippen LogP contribution in [0.3, 0.4) is 0 Å². The van der Waals surface area contributed by atoms with Crippen LogP contribution in [0.25, 0.3) is 0 Å². The van der Waals surface area contributed by atoms with Crippen molar-refractivity contribution in [1.82, 2.24) is 15.2 Å². The number of carboxylic acid groups (broad SMARTS) is 1. The molecule has 0 aliphatic carbocycles. The predicted molar refractivity (Wildman–Crippen MR) is 75.9 cm³/mol. The van der Waals surface area contributed by atoms with Crippen LogP contribution in [-0.2, 0) is 16.0 Å². The van der Waals surface area contributed by atoms with Gasteiger partial charge in [0.05, 0.1) is 24.0 Å². The number of urea groups is 1. The van der Waals surface area contributed by atoms with Crippen molar-refractivity contribution < 1.29 is 19.5 Å². The molecule has 0 saturated carbocycles. The summed E-state index contributed by atoms with van der Waals surface area (Å²) in [5.74, 6) is -1.23. The zero-order valence-electron chi connectivity index (χ0n) is 11.9. The van der Waals surface area contributed by atoms with E-state index in [1.165, 1.54) is 24.2 Å².